The van der Waals surface area contributed by atoms with E-state index in [-0.39, 0.29) is 6.10 Å². The molecule has 0 radical (unpaired) electrons. The Labute approximate surface area is 81.1 Å². The van der Waals surface area contributed by atoms with Crippen molar-refractivity contribution in [2.75, 3.05) is 23.7 Å². The molecule has 0 aromatic carbocycles. The van der Waals surface area contributed by atoms with Crippen molar-refractivity contribution < 1.29 is 5.11 Å². The number of nitrogens with two attached hydrogens (primary N) is 1. The third-order valence-electron chi connectivity index (χ3n) is 2.22. The SMILES string of the molecule is Nc1cc(N2CCCC(O)C2)sn1. The molecule has 1 aliphatic rings. The standard InChI is InChI=1S/C8H13N3OS/c9-7-4-8(13-10-7)11-3-1-2-6(12)5-11/h4,6,12H,1-3,5H2,(H2,9,10). The molecule has 4 nitrogen and oxygen atoms in total. The molecule has 1 aliphatic heterocycles. The Bertz CT molecular complexity index is 289. The molecule has 72 valence electrons. The first kappa shape index (κ1) is 8.77. The van der Waals surface area contributed by atoms with Gasteiger partial charge in [0.25, 0.3) is 0 Å². The molecule has 13 heavy (non-hydrogen) atoms. The number of aromatic nitrogens is 1. The third-order valence-corrected chi connectivity index (χ3v) is 3.09. The Morgan fingerprint density at radius 2 is 2.54 bits per heavy atom. The summed E-state index contributed by atoms with van der Waals surface area (Å²) < 4.78 is 4.01. The van der Waals surface area contributed by atoms with Gasteiger partial charge in [0.15, 0.2) is 0 Å². The second-order valence-corrected chi connectivity index (χ2v) is 4.12. The van der Waals surface area contributed by atoms with Crippen molar-refractivity contribution in [3.05, 3.63) is 6.07 Å². The molecule has 2 heterocycles. The molecule has 1 fully saturated rings. The van der Waals surface area contributed by atoms with Crippen LogP contribution in [0.1, 0.15) is 12.8 Å². The highest BCUT2D eigenvalue weighted by Crippen LogP contribution is 2.25. The zero-order chi connectivity index (χ0) is 9.26. The van der Waals surface area contributed by atoms with Crippen LogP contribution in [0.2, 0.25) is 0 Å². The second-order valence-electron chi connectivity index (χ2n) is 3.33. The van der Waals surface area contributed by atoms with Crippen molar-refractivity contribution in [1.29, 1.82) is 0 Å². The smallest absolute Gasteiger partial charge is 0.139 e. The maximum Gasteiger partial charge on any atom is 0.139 e. The summed E-state index contributed by atoms with van der Waals surface area (Å²) in [4.78, 5) is 2.14. The molecule has 0 aliphatic carbocycles. The number of β-amino-alcohol motifs (C(OH)–C–C–N with tert-alkyl or cyclic N) is 1. The number of nitrogen functional groups attached to an aromatic ring is 1. The first-order valence-electron chi connectivity index (χ1n) is 4.41. The van der Waals surface area contributed by atoms with Crippen molar-refractivity contribution >= 4 is 22.4 Å². The Balaban J connectivity index is 2.08. The van der Waals surface area contributed by atoms with E-state index in [2.05, 4.69) is 9.27 Å². The lowest BCUT2D eigenvalue weighted by atomic mass is 10.1. The highest BCUT2D eigenvalue weighted by molar-refractivity contribution is 7.10. The number of aliphatic hydroxyl groups is 1. The fourth-order valence-electron chi connectivity index (χ4n) is 1.58. The molecule has 5 heteroatoms. The topological polar surface area (TPSA) is 62.4 Å². The van der Waals surface area contributed by atoms with Crippen molar-refractivity contribution in [2.24, 2.45) is 0 Å². The number of aliphatic hydroxyl groups excluding tert-OH is 1. The van der Waals surface area contributed by atoms with Crippen molar-refractivity contribution in [3.63, 3.8) is 0 Å². The van der Waals surface area contributed by atoms with Gasteiger partial charge in [0.2, 0.25) is 0 Å². The van der Waals surface area contributed by atoms with Gasteiger partial charge in [-0.05, 0) is 24.4 Å². The van der Waals surface area contributed by atoms with Crippen molar-refractivity contribution in [1.82, 2.24) is 4.37 Å². The van der Waals surface area contributed by atoms with Gasteiger partial charge in [-0.1, -0.05) is 0 Å². The van der Waals surface area contributed by atoms with E-state index < -0.39 is 0 Å². The molecule has 0 spiro atoms. The molecule has 1 aromatic heterocycles. The Morgan fingerprint density at radius 1 is 1.69 bits per heavy atom. The number of nitrogens with zero attached hydrogens (tertiary/aromatic N) is 2. The van der Waals surface area contributed by atoms with E-state index in [0.29, 0.717) is 12.4 Å². The lowest BCUT2D eigenvalue weighted by molar-refractivity contribution is 0.154. The van der Waals surface area contributed by atoms with Crippen LogP contribution >= 0.6 is 11.5 Å². The molecular weight excluding hydrogens is 186 g/mol. The molecule has 2 rings (SSSR count). The van der Waals surface area contributed by atoms with Crippen LogP contribution in [-0.4, -0.2) is 28.7 Å². The van der Waals surface area contributed by atoms with Crippen LogP contribution in [0.25, 0.3) is 0 Å². The van der Waals surface area contributed by atoms with E-state index in [1.807, 2.05) is 6.07 Å². The summed E-state index contributed by atoms with van der Waals surface area (Å²) in [6, 6.07) is 1.86. The van der Waals surface area contributed by atoms with Crippen molar-refractivity contribution in [3.8, 4) is 0 Å². The monoisotopic (exact) mass is 199 g/mol. The first-order valence-corrected chi connectivity index (χ1v) is 5.18. The van der Waals surface area contributed by atoms with Gasteiger partial charge in [0.1, 0.15) is 10.8 Å². The normalized spacial score (nSPS) is 23.5. The minimum absolute atomic E-state index is 0.197. The maximum atomic E-state index is 9.46. The minimum atomic E-state index is -0.197. The van der Waals surface area contributed by atoms with Gasteiger partial charge >= 0.3 is 0 Å². The largest absolute Gasteiger partial charge is 0.391 e. The van der Waals surface area contributed by atoms with E-state index in [9.17, 15) is 5.11 Å². The summed E-state index contributed by atoms with van der Waals surface area (Å²) in [5, 5.41) is 10.5. The average Bonchev–Trinajstić information content (AvgIpc) is 2.52. The van der Waals surface area contributed by atoms with Crippen LogP contribution in [0.5, 0.6) is 0 Å². The van der Waals surface area contributed by atoms with Crippen LogP contribution in [0.4, 0.5) is 10.8 Å². The van der Waals surface area contributed by atoms with Crippen LogP contribution in [0, 0.1) is 0 Å². The summed E-state index contributed by atoms with van der Waals surface area (Å²) in [5.41, 5.74) is 5.53. The summed E-state index contributed by atoms with van der Waals surface area (Å²) >= 11 is 1.40. The maximum absolute atomic E-state index is 9.46. The molecule has 3 N–H and O–H groups in total. The van der Waals surface area contributed by atoms with Crippen LogP contribution in [-0.2, 0) is 0 Å². The number of rotatable bonds is 1. The quantitative estimate of drug-likeness (QED) is 0.698. The molecule has 0 saturated carbocycles. The fraction of sp³-hybridized carbons (Fsp3) is 0.625. The van der Waals surface area contributed by atoms with Crippen LogP contribution in [0.15, 0.2) is 6.07 Å². The lowest BCUT2D eigenvalue weighted by Crippen LogP contribution is -2.37. The molecule has 1 atom stereocenters. The third kappa shape index (κ3) is 1.92. The number of hydrogen-bond acceptors (Lipinski definition) is 5. The number of anilines is 2. The second kappa shape index (κ2) is 3.51. The van der Waals surface area contributed by atoms with Gasteiger partial charge < -0.3 is 15.7 Å². The summed E-state index contributed by atoms with van der Waals surface area (Å²) in [6.45, 7) is 1.71. The molecule has 1 unspecified atom stereocenters. The fourth-order valence-corrected chi connectivity index (χ4v) is 2.29. The number of piperidine rings is 1. The van der Waals surface area contributed by atoms with E-state index in [0.717, 1.165) is 24.4 Å². The predicted octanol–water partition coefficient (Wildman–Crippen LogP) is 0.686. The Hall–Kier alpha value is -0.810. The first-order chi connectivity index (χ1) is 6.25. The van der Waals surface area contributed by atoms with Gasteiger partial charge in [0.05, 0.1) is 6.10 Å². The van der Waals surface area contributed by atoms with Gasteiger partial charge in [-0.25, -0.2) is 0 Å². The van der Waals surface area contributed by atoms with Crippen LogP contribution < -0.4 is 10.6 Å². The van der Waals surface area contributed by atoms with Gasteiger partial charge in [-0.15, -0.1) is 0 Å². The lowest BCUT2D eigenvalue weighted by Gasteiger charge is -2.30. The van der Waals surface area contributed by atoms with E-state index >= 15 is 0 Å². The molecule has 1 aromatic rings. The van der Waals surface area contributed by atoms with E-state index in [1.54, 1.807) is 0 Å². The zero-order valence-corrected chi connectivity index (χ0v) is 8.13. The summed E-state index contributed by atoms with van der Waals surface area (Å²) in [7, 11) is 0. The molecule has 0 amide bonds. The van der Waals surface area contributed by atoms with Crippen LogP contribution in [0.3, 0.4) is 0 Å². The highest BCUT2D eigenvalue weighted by atomic mass is 32.1. The van der Waals surface area contributed by atoms with Gasteiger partial charge in [-0.2, -0.15) is 4.37 Å². The molecular formula is C8H13N3OS. The van der Waals surface area contributed by atoms with Gasteiger partial charge in [-0.3, -0.25) is 0 Å². The zero-order valence-electron chi connectivity index (χ0n) is 7.31. The van der Waals surface area contributed by atoms with E-state index in [1.165, 1.54) is 11.5 Å². The van der Waals surface area contributed by atoms with E-state index in [4.69, 9.17) is 5.73 Å². The minimum Gasteiger partial charge on any atom is -0.391 e. The predicted molar refractivity (Wildman–Crippen MR) is 54.0 cm³/mol. The molecule has 1 saturated heterocycles. The summed E-state index contributed by atoms with van der Waals surface area (Å²) in [5.74, 6) is 0.570. The Kier molecular flexibility index (Phi) is 2.37. The average molecular weight is 199 g/mol. The number of hydrogen-bond donors (Lipinski definition) is 2. The highest BCUT2D eigenvalue weighted by Gasteiger charge is 2.19. The van der Waals surface area contributed by atoms with Crippen molar-refractivity contribution in [2.45, 2.75) is 18.9 Å². The Morgan fingerprint density at radius 3 is 3.15 bits per heavy atom. The van der Waals surface area contributed by atoms with Gasteiger partial charge in [0, 0.05) is 19.2 Å². The summed E-state index contributed by atoms with van der Waals surface area (Å²) in [6.07, 6.45) is 1.75. The molecule has 0 bridgehead atoms.